The number of aromatic nitrogens is 3. The van der Waals surface area contributed by atoms with Crippen LogP contribution < -0.4 is 10.5 Å². The Bertz CT molecular complexity index is 623. The van der Waals surface area contributed by atoms with E-state index in [2.05, 4.69) is 15.0 Å². The molecule has 2 N–H and O–H groups in total. The Morgan fingerprint density at radius 3 is 2.67 bits per heavy atom. The highest BCUT2D eigenvalue weighted by molar-refractivity contribution is 5.58. The third-order valence-electron chi connectivity index (χ3n) is 3.97. The van der Waals surface area contributed by atoms with Crippen molar-refractivity contribution < 1.29 is 4.74 Å². The van der Waals surface area contributed by atoms with Gasteiger partial charge in [0, 0.05) is 11.5 Å². The summed E-state index contributed by atoms with van der Waals surface area (Å²) < 4.78 is 5.25. The van der Waals surface area contributed by atoms with Crippen LogP contribution in [0.5, 0.6) is 5.75 Å². The minimum Gasteiger partial charge on any atom is -0.497 e. The number of hydrogen-bond donors (Lipinski definition) is 1. The van der Waals surface area contributed by atoms with E-state index >= 15 is 0 Å². The van der Waals surface area contributed by atoms with E-state index in [1.807, 2.05) is 24.3 Å². The van der Waals surface area contributed by atoms with Gasteiger partial charge in [-0.3, -0.25) is 0 Å². The van der Waals surface area contributed by atoms with Crippen molar-refractivity contribution in [2.75, 3.05) is 12.8 Å². The number of nitrogen functional groups attached to an aromatic ring is 1. The van der Waals surface area contributed by atoms with E-state index in [0.717, 1.165) is 30.0 Å². The van der Waals surface area contributed by atoms with Crippen molar-refractivity contribution in [1.82, 2.24) is 15.0 Å². The van der Waals surface area contributed by atoms with Gasteiger partial charge in [-0.15, -0.1) is 0 Å². The molecule has 110 valence electrons. The maximum Gasteiger partial charge on any atom is 0.223 e. The molecule has 2 aromatic rings. The molecule has 3 rings (SSSR count). The molecule has 0 unspecified atom stereocenters. The van der Waals surface area contributed by atoms with Crippen LogP contribution in [0, 0.1) is 0 Å². The summed E-state index contributed by atoms with van der Waals surface area (Å²) >= 11 is 0. The van der Waals surface area contributed by atoms with Crippen molar-refractivity contribution in [3.63, 3.8) is 0 Å². The number of anilines is 1. The van der Waals surface area contributed by atoms with Crippen LogP contribution in [0.1, 0.15) is 43.8 Å². The van der Waals surface area contributed by atoms with Crippen LogP contribution in [-0.2, 0) is 0 Å². The highest BCUT2D eigenvalue weighted by Crippen LogP contribution is 2.31. The fourth-order valence-corrected chi connectivity index (χ4v) is 2.84. The lowest BCUT2D eigenvalue weighted by Gasteiger charge is -2.20. The highest BCUT2D eigenvalue weighted by atomic mass is 16.5. The number of ether oxygens (including phenoxy) is 1. The first-order chi connectivity index (χ1) is 10.3. The van der Waals surface area contributed by atoms with Gasteiger partial charge in [-0.2, -0.15) is 9.97 Å². The molecular weight excluding hydrogens is 264 g/mol. The average molecular weight is 284 g/mol. The van der Waals surface area contributed by atoms with Crippen molar-refractivity contribution in [1.29, 1.82) is 0 Å². The van der Waals surface area contributed by atoms with E-state index in [0.29, 0.717) is 17.7 Å². The van der Waals surface area contributed by atoms with Crippen molar-refractivity contribution in [2.24, 2.45) is 0 Å². The van der Waals surface area contributed by atoms with Gasteiger partial charge in [-0.1, -0.05) is 31.4 Å². The maximum atomic E-state index is 5.88. The van der Waals surface area contributed by atoms with E-state index in [4.69, 9.17) is 10.5 Å². The molecule has 0 aliphatic heterocycles. The fourth-order valence-electron chi connectivity index (χ4n) is 2.84. The minimum absolute atomic E-state index is 0.295. The quantitative estimate of drug-likeness (QED) is 0.937. The van der Waals surface area contributed by atoms with Crippen LogP contribution in [-0.4, -0.2) is 22.1 Å². The van der Waals surface area contributed by atoms with E-state index in [1.54, 1.807) is 7.11 Å². The Morgan fingerprint density at radius 1 is 1.10 bits per heavy atom. The Kier molecular flexibility index (Phi) is 3.99. The summed E-state index contributed by atoms with van der Waals surface area (Å²) in [7, 11) is 1.65. The second-order valence-corrected chi connectivity index (χ2v) is 5.44. The van der Waals surface area contributed by atoms with E-state index < -0.39 is 0 Å². The summed E-state index contributed by atoms with van der Waals surface area (Å²) in [5.41, 5.74) is 6.78. The molecule has 5 heteroatoms. The number of nitrogens with zero attached hydrogens (tertiary/aromatic N) is 3. The molecule has 0 radical (unpaired) electrons. The van der Waals surface area contributed by atoms with Gasteiger partial charge in [-0.05, 0) is 25.0 Å². The first-order valence-electron chi connectivity index (χ1n) is 7.42. The normalized spacial score (nSPS) is 15.9. The zero-order chi connectivity index (χ0) is 14.7. The lowest BCUT2D eigenvalue weighted by Crippen LogP contribution is -2.12. The average Bonchev–Trinajstić information content (AvgIpc) is 2.55. The topological polar surface area (TPSA) is 73.9 Å². The van der Waals surface area contributed by atoms with E-state index in [1.165, 1.54) is 19.3 Å². The Balaban J connectivity index is 1.96. The smallest absolute Gasteiger partial charge is 0.223 e. The summed E-state index contributed by atoms with van der Waals surface area (Å²) in [6, 6.07) is 7.70. The molecule has 1 aliphatic carbocycles. The van der Waals surface area contributed by atoms with Crippen molar-refractivity contribution in [3.8, 4) is 17.1 Å². The molecule has 1 aromatic heterocycles. The molecule has 0 saturated heterocycles. The summed E-state index contributed by atoms with van der Waals surface area (Å²) in [6.45, 7) is 0. The fraction of sp³-hybridized carbons (Fsp3) is 0.438. The molecule has 1 aromatic carbocycles. The zero-order valence-electron chi connectivity index (χ0n) is 12.2. The Hall–Kier alpha value is -2.17. The van der Waals surface area contributed by atoms with Crippen molar-refractivity contribution in [3.05, 3.63) is 30.1 Å². The summed E-state index contributed by atoms with van der Waals surface area (Å²) in [5.74, 6) is 2.95. The van der Waals surface area contributed by atoms with Crippen LogP contribution in [0.3, 0.4) is 0 Å². The standard InChI is InChI=1S/C16H20N4O/c1-21-13-9-5-8-12(10-13)15-18-14(19-16(17)20-15)11-6-3-2-4-7-11/h5,8-11H,2-4,6-7H2,1H3,(H2,17,18,19,20). The predicted octanol–water partition coefficient (Wildman–Crippen LogP) is 3.18. The lowest BCUT2D eigenvalue weighted by atomic mass is 9.89. The molecule has 1 saturated carbocycles. The molecule has 21 heavy (non-hydrogen) atoms. The largest absolute Gasteiger partial charge is 0.497 e. The third kappa shape index (κ3) is 3.12. The Morgan fingerprint density at radius 2 is 1.90 bits per heavy atom. The maximum absolute atomic E-state index is 5.88. The van der Waals surface area contributed by atoms with Crippen LogP contribution >= 0.6 is 0 Å². The number of rotatable bonds is 3. The van der Waals surface area contributed by atoms with Gasteiger partial charge >= 0.3 is 0 Å². The number of benzene rings is 1. The van der Waals surface area contributed by atoms with Crippen LogP contribution in [0.15, 0.2) is 24.3 Å². The van der Waals surface area contributed by atoms with Crippen LogP contribution in [0.25, 0.3) is 11.4 Å². The SMILES string of the molecule is COc1cccc(-c2nc(N)nc(C3CCCCC3)n2)c1. The van der Waals surface area contributed by atoms with Crippen LogP contribution in [0.2, 0.25) is 0 Å². The molecule has 1 aliphatic rings. The van der Waals surface area contributed by atoms with Gasteiger partial charge < -0.3 is 10.5 Å². The third-order valence-corrected chi connectivity index (χ3v) is 3.97. The molecular formula is C16H20N4O. The minimum atomic E-state index is 0.295. The predicted molar refractivity (Wildman–Crippen MR) is 82.1 cm³/mol. The second-order valence-electron chi connectivity index (χ2n) is 5.44. The summed E-state index contributed by atoms with van der Waals surface area (Å²) in [4.78, 5) is 13.3. The zero-order valence-corrected chi connectivity index (χ0v) is 12.2. The monoisotopic (exact) mass is 284 g/mol. The number of methoxy groups -OCH3 is 1. The van der Waals surface area contributed by atoms with Crippen molar-refractivity contribution >= 4 is 5.95 Å². The van der Waals surface area contributed by atoms with Gasteiger partial charge in [0.15, 0.2) is 5.82 Å². The first-order valence-corrected chi connectivity index (χ1v) is 7.42. The van der Waals surface area contributed by atoms with Gasteiger partial charge in [0.1, 0.15) is 11.6 Å². The molecule has 0 atom stereocenters. The second kappa shape index (κ2) is 6.08. The molecule has 0 bridgehead atoms. The first kappa shape index (κ1) is 13.8. The Labute approximate surface area is 124 Å². The van der Waals surface area contributed by atoms with Gasteiger partial charge in [0.2, 0.25) is 5.95 Å². The highest BCUT2D eigenvalue weighted by Gasteiger charge is 2.20. The number of nitrogens with two attached hydrogens (primary N) is 1. The van der Waals surface area contributed by atoms with Gasteiger partial charge in [0.05, 0.1) is 7.11 Å². The molecule has 0 spiro atoms. The molecule has 5 nitrogen and oxygen atoms in total. The van der Waals surface area contributed by atoms with E-state index in [9.17, 15) is 0 Å². The van der Waals surface area contributed by atoms with Crippen LogP contribution in [0.4, 0.5) is 5.95 Å². The molecule has 1 fully saturated rings. The van der Waals surface area contributed by atoms with Gasteiger partial charge in [0.25, 0.3) is 0 Å². The summed E-state index contributed by atoms with van der Waals surface area (Å²) in [5, 5.41) is 0. The molecule has 1 heterocycles. The van der Waals surface area contributed by atoms with Crippen molar-refractivity contribution in [2.45, 2.75) is 38.0 Å². The summed E-state index contributed by atoms with van der Waals surface area (Å²) in [6.07, 6.45) is 6.07. The molecule has 0 amide bonds. The van der Waals surface area contributed by atoms with Gasteiger partial charge in [-0.25, -0.2) is 4.98 Å². The lowest BCUT2D eigenvalue weighted by molar-refractivity contribution is 0.415. The number of hydrogen-bond acceptors (Lipinski definition) is 5. The van der Waals surface area contributed by atoms with E-state index in [-0.39, 0.29) is 0 Å².